The number of phenolic OH excluding ortho intramolecular Hbond substituents is 1. The Morgan fingerprint density at radius 1 is 0.675 bits per heavy atom. The van der Waals surface area contributed by atoms with E-state index in [0.717, 1.165) is 7.11 Å². The third-order valence-electron chi connectivity index (χ3n) is 3.92. The summed E-state index contributed by atoms with van der Waals surface area (Å²) in [5.41, 5.74) is 0.565. The van der Waals surface area contributed by atoms with E-state index in [9.17, 15) is 36.7 Å². The van der Waals surface area contributed by atoms with Gasteiger partial charge >= 0.3 is 35.7 Å². The Balaban J connectivity index is 0.000000626. The fraction of sp³-hybridized carbons (Fsp3) is 0.360. The van der Waals surface area contributed by atoms with Gasteiger partial charge in [-0.15, -0.1) is 0 Å². The minimum absolute atomic E-state index is 0.0697. The maximum absolute atomic E-state index is 12.6. The van der Waals surface area contributed by atoms with Gasteiger partial charge in [0, 0.05) is 28.1 Å². The lowest BCUT2D eigenvalue weighted by atomic mass is 10.2. The van der Waals surface area contributed by atoms with E-state index < -0.39 is 35.7 Å². The molecule has 0 saturated carbocycles. The smallest absolute Gasteiger partial charge is 0.382 e. The van der Waals surface area contributed by atoms with Gasteiger partial charge in [-0.25, -0.2) is 19.2 Å². The second-order valence-electron chi connectivity index (χ2n) is 7.41. The van der Waals surface area contributed by atoms with Gasteiger partial charge in [-0.3, -0.25) is 0 Å². The zero-order valence-electron chi connectivity index (χ0n) is 22.1. The summed E-state index contributed by atoms with van der Waals surface area (Å²) in [5, 5.41) is 8.94. The monoisotopic (exact) mass is 580 g/mol. The van der Waals surface area contributed by atoms with Crippen LogP contribution >= 0.6 is 0 Å². The summed E-state index contributed by atoms with van der Waals surface area (Å²) in [4.78, 5) is 43.3. The molecule has 11 nitrogen and oxygen atoms in total. The summed E-state index contributed by atoms with van der Waals surface area (Å²) >= 11 is 0. The van der Waals surface area contributed by atoms with Gasteiger partial charge in [0.15, 0.2) is 13.6 Å². The number of hydrogen-bond acceptors (Lipinski definition) is 11. The van der Waals surface area contributed by atoms with Crippen LogP contribution in [0.4, 0.5) is 17.6 Å². The van der Waals surface area contributed by atoms with Gasteiger partial charge in [0.1, 0.15) is 11.5 Å². The maximum atomic E-state index is 12.6. The number of carbonyl (C=O) groups is 4. The largest absolute Gasteiger partial charge is 0.508 e. The van der Waals surface area contributed by atoms with Crippen molar-refractivity contribution in [1.82, 2.24) is 0 Å². The zero-order valence-corrected chi connectivity index (χ0v) is 22.1. The van der Waals surface area contributed by atoms with Crippen molar-refractivity contribution in [2.75, 3.05) is 34.9 Å². The van der Waals surface area contributed by atoms with Gasteiger partial charge in [-0.1, -0.05) is 0 Å². The first-order valence-corrected chi connectivity index (χ1v) is 10.8. The van der Waals surface area contributed by atoms with Gasteiger partial charge in [0.2, 0.25) is 0 Å². The quantitative estimate of drug-likeness (QED) is 0.151. The predicted molar refractivity (Wildman–Crippen MR) is 128 cm³/mol. The number of phenols is 1. The molecule has 0 atom stereocenters. The Bertz CT molecular complexity index is 1080. The Morgan fingerprint density at radius 2 is 1.05 bits per heavy atom. The van der Waals surface area contributed by atoms with E-state index in [2.05, 4.69) is 28.4 Å². The van der Waals surface area contributed by atoms with Crippen LogP contribution in [0, 0.1) is 0 Å². The number of esters is 4. The molecule has 0 aliphatic heterocycles. The van der Waals surface area contributed by atoms with E-state index in [1.165, 1.54) is 62.8 Å². The maximum Gasteiger partial charge on any atom is 0.382 e. The molecule has 0 aromatic heterocycles. The van der Waals surface area contributed by atoms with Crippen LogP contribution in [0.15, 0.2) is 48.5 Å². The molecule has 222 valence electrons. The number of methoxy groups -OCH3 is 3. The summed E-state index contributed by atoms with van der Waals surface area (Å²) < 4.78 is 75.1. The van der Waals surface area contributed by atoms with Crippen molar-refractivity contribution in [2.45, 2.75) is 25.7 Å². The molecule has 0 bridgehead atoms. The van der Waals surface area contributed by atoms with Crippen molar-refractivity contribution in [3.8, 4) is 11.5 Å². The fourth-order valence-corrected chi connectivity index (χ4v) is 2.02. The molecule has 0 spiro atoms. The normalized spacial score (nSPS) is 10.5. The van der Waals surface area contributed by atoms with E-state index in [1.807, 2.05) is 0 Å². The first-order valence-electron chi connectivity index (χ1n) is 10.8. The molecule has 0 saturated heterocycles. The average molecular weight is 580 g/mol. The van der Waals surface area contributed by atoms with E-state index in [1.54, 1.807) is 0 Å². The molecular weight excluding hydrogens is 552 g/mol. The summed E-state index contributed by atoms with van der Waals surface area (Å²) in [6.07, 6.45) is 0. The molecule has 0 unspecified atom stereocenters. The number of ether oxygens (including phenoxy) is 6. The standard InChI is InChI=1S/C12H12F2O5.C9H10O4.C4H6F2O2/c1-12(13,14)11(16)19-9-5-3-8(4-6-9)10(15)18-7-17-2;1-12-6-13-9(11)7-2-4-8(10)5-3-7;1-4(5,6)3(7)8-2/h3-6H,7H2,1-2H3;2-5,10H,6H2,1H3;1-2H3. The molecule has 0 heterocycles. The number of alkyl halides is 4. The topological polar surface area (TPSA) is 144 Å². The molecule has 0 radical (unpaired) electrons. The van der Waals surface area contributed by atoms with Crippen molar-refractivity contribution < 1.29 is 70.3 Å². The van der Waals surface area contributed by atoms with Crippen LogP contribution in [-0.4, -0.2) is 75.7 Å². The van der Waals surface area contributed by atoms with E-state index in [-0.39, 0.29) is 30.6 Å². The molecule has 0 aliphatic rings. The highest BCUT2D eigenvalue weighted by Crippen LogP contribution is 2.19. The molecule has 0 aliphatic carbocycles. The van der Waals surface area contributed by atoms with Gasteiger partial charge in [0.25, 0.3) is 0 Å². The second-order valence-corrected chi connectivity index (χ2v) is 7.41. The van der Waals surface area contributed by atoms with Crippen LogP contribution in [0.5, 0.6) is 11.5 Å². The number of halogens is 4. The number of hydrogen-bond donors (Lipinski definition) is 1. The average Bonchev–Trinajstić information content (AvgIpc) is 2.90. The Morgan fingerprint density at radius 3 is 1.35 bits per heavy atom. The lowest BCUT2D eigenvalue weighted by Gasteiger charge is -2.10. The Hall–Kier alpha value is -4.24. The summed E-state index contributed by atoms with van der Waals surface area (Å²) in [6, 6.07) is 10.8. The number of benzene rings is 2. The fourth-order valence-electron chi connectivity index (χ4n) is 2.02. The van der Waals surface area contributed by atoms with Gasteiger partial charge < -0.3 is 33.5 Å². The van der Waals surface area contributed by atoms with Gasteiger partial charge in [-0.05, 0) is 48.5 Å². The van der Waals surface area contributed by atoms with Crippen molar-refractivity contribution in [2.24, 2.45) is 0 Å². The molecule has 2 aromatic carbocycles. The van der Waals surface area contributed by atoms with Crippen LogP contribution in [0.3, 0.4) is 0 Å². The first-order chi connectivity index (χ1) is 18.6. The van der Waals surface area contributed by atoms with E-state index in [0.29, 0.717) is 19.4 Å². The summed E-state index contributed by atoms with van der Waals surface area (Å²) in [5.74, 6) is -11.2. The molecule has 15 heteroatoms. The lowest BCUT2D eigenvalue weighted by Crippen LogP contribution is -2.29. The van der Waals surface area contributed by atoms with Gasteiger partial charge in [0.05, 0.1) is 18.2 Å². The van der Waals surface area contributed by atoms with Crippen molar-refractivity contribution in [3.63, 3.8) is 0 Å². The molecule has 0 amide bonds. The zero-order chi connectivity index (χ0) is 30.9. The molecule has 40 heavy (non-hydrogen) atoms. The Kier molecular flexibility index (Phi) is 15.5. The predicted octanol–water partition coefficient (Wildman–Crippen LogP) is 3.98. The first kappa shape index (κ1) is 35.8. The second kappa shape index (κ2) is 17.4. The van der Waals surface area contributed by atoms with Crippen LogP contribution < -0.4 is 4.74 Å². The number of carbonyl (C=O) groups excluding carboxylic acids is 4. The third kappa shape index (κ3) is 14.6. The minimum Gasteiger partial charge on any atom is -0.508 e. The van der Waals surface area contributed by atoms with E-state index >= 15 is 0 Å². The Labute approximate surface area is 226 Å². The highest BCUT2D eigenvalue weighted by atomic mass is 19.3. The van der Waals surface area contributed by atoms with E-state index in [4.69, 9.17) is 5.11 Å². The molecule has 2 aromatic rings. The van der Waals surface area contributed by atoms with Crippen LogP contribution in [0.2, 0.25) is 0 Å². The van der Waals surface area contributed by atoms with Crippen LogP contribution in [0.1, 0.15) is 34.6 Å². The summed E-state index contributed by atoms with van der Waals surface area (Å²) in [7, 11) is 3.71. The molecular formula is C25H28F4O11. The molecule has 0 fully saturated rings. The lowest BCUT2D eigenvalue weighted by molar-refractivity contribution is -0.165. The van der Waals surface area contributed by atoms with Crippen LogP contribution in [-0.2, 0) is 33.3 Å². The summed E-state index contributed by atoms with van der Waals surface area (Å²) in [6.45, 7) is 0.655. The van der Waals surface area contributed by atoms with Crippen molar-refractivity contribution in [3.05, 3.63) is 59.7 Å². The third-order valence-corrected chi connectivity index (χ3v) is 3.92. The van der Waals surface area contributed by atoms with Crippen molar-refractivity contribution >= 4 is 23.9 Å². The number of aromatic hydroxyl groups is 1. The molecule has 1 N–H and O–H groups in total. The highest BCUT2D eigenvalue weighted by Gasteiger charge is 2.35. The highest BCUT2D eigenvalue weighted by molar-refractivity contribution is 5.90. The van der Waals surface area contributed by atoms with Gasteiger partial charge in [-0.2, -0.15) is 17.6 Å². The minimum atomic E-state index is -3.57. The SMILES string of the molecule is COC(=O)C(C)(F)F.COCOC(=O)c1ccc(O)cc1.COCOC(=O)c1ccc(OC(=O)C(C)(F)F)cc1. The molecule has 2 rings (SSSR count). The van der Waals surface area contributed by atoms with Crippen LogP contribution in [0.25, 0.3) is 0 Å². The van der Waals surface area contributed by atoms with Crippen molar-refractivity contribution in [1.29, 1.82) is 0 Å². The number of rotatable bonds is 9.